The maximum absolute atomic E-state index is 13.4. The van der Waals surface area contributed by atoms with Crippen LogP contribution in [0.5, 0.6) is 0 Å². The number of carbonyl (C=O) groups excluding carboxylic acids is 4. The van der Waals surface area contributed by atoms with Crippen LogP contribution in [0.4, 0.5) is 0 Å². The summed E-state index contributed by atoms with van der Waals surface area (Å²) < 4.78 is 0. The summed E-state index contributed by atoms with van der Waals surface area (Å²) in [7, 11) is 3.89. The topological polar surface area (TPSA) is 93.3 Å². The summed E-state index contributed by atoms with van der Waals surface area (Å²) in [5, 5.41) is 4.82. The van der Waals surface area contributed by atoms with E-state index in [-0.39, 0.29) is 23.6 Å². The van der Waals surface area contributed by atoms with Crippen molar-refractivity contribution in [3.63, 3.8) is 0 Å². The second-order valence-electron chi connectivity index (χ2n) is 12.5. The number of nitrogens with one attached hydrogen (secondary N) is 1. The Kier molecular flexibility index (Phi) is 13.6. The van der Waals surface area contributed by atoms with Gasteiger partial charge in [-0.15, -0.1) is 0 Å². The summed E-state index contributed by atoms with van der Waals surface area (Å²) in [6.07, 6.45) is 6.93. The molecule has 49 heavy (non-hydrogen) atoms. The lowest BCUT2D eigenvalue weighted by Gasteiger charge is -2.32. The molecule has 2 aliphatic rings. The number of carbonyl (C=O) groups is 4. The van der Waals surface area contributed by atoms with Crippen LogP contribution in [-0.2, 0) is 4.79 Å². The van der Waals surface area contributed by atoms with Crippen molar-refractivity contribution in [2.45, 2.75) is 40.0 Å². The fourth-order valence-electron chi connectivity index (χ4n) is 6.26. The molecule has 4 amide bonds. The van der Waals surface area contributed by atoms with Crippen molar-refractivity contribution >= 4 is 46.1 Å². The first-order valence-corrected chi connectivity index (χ1v) is 17.4. The highest BCUT2D eigenvalue weighted by atomic mass is 16.2. The van der Waals surface area contributed by atoms with Crippen LogP contribution in [0.25, 0.3) is 22.4 Å². The van der Waals surface area contributed by atoms with E-state index in [9.17, 15) is 19.2 Å². The van der Waals surface area contributed by atoms with Crippen molar-refractivity contribution < 1.29 is 19.2 Å². The number of nitrogens with zero attached hydrogens (tertiary/aromatic N) is 4. The summed E-state index contributed by atoms with van der Waals surface area (Å²) in [5.41, 5.74) is 3.62. The molecule has 0 atom stereocenters. The average molecular weight is 666 g/mol. The number of likely N-dealkylation sites (N-methyl/N-ethyl adjacent to an activating group) is 2. The van der Waals surface area contributed by atoms with E-state index in [2.05, 4.69) is 35.5 Å². The largest absolute Gasteiger partial charge is 0.318 e. The normalized spacial score (nSPS) is 15.0. The van der Waals surface area contributed by atoms with Crippen LogP contribution in [0, 0.1) is 0 Å². The third kappa shape index (κ3) is 8.41. The summed E-state index contributed by atoms with van der Waals surface area (Å²) in [6.45, 7) is 14.8. The molecule has 0 radical (unpaired) electrons. The Bertz CT molecular complexity index is 1660. The lowest BCUT2D eigenvalue weighted by atomic mass is 9.89. The van der Waals surface area contributed by atoms with E-state index in [4.69, 9.17) is 0 Å². The fraction of sp³-hybridized carbons (Fsp3) is 0.400. The van der Waals surface area contributed by atoms with Gasteiger partial charge in [-0.25, -0.2) is 0 Å². The molecule has 0 unspecified atom stereocenters. The standard InChI is InChI=1S/C36H41N5O4.C4H10/c1-5-25-11-7-14-28-31(25)27(6-2)33(42)41(34(28)43)24-22-39(20-17-37-3)19-10-18-38(4)21-23-40-35(44)29-15-8-12-26-13-9-16-30(32(26)29)36(40)45;1-3-4-2/h5-9,11-16,37H,1,10,17-24H2,2-4H3;3-4H2,1-2H3/b27-6+;. The highest BCUT2D eigenvalue weighted by molar-refractivity contribution is 6.31. The van der Waals surface area contributed by atoms with Gasteiger partial charge in [-0.1, -0.05) is 81.8 Å². The molecule has 3 aromatic rings. The van der Waals surface area contributed by atoms with Gasteiger partial charge < -0.3 is 15.1 Å². The van der Waals surface area contributed by atoms with Crippen molar-refractivity contribution in [1.82, 2.24) is 24.9 Å². The second-order valence-corrected chi connectivity index (χ2v) is 12.5. The van der Waals surface area contributed by atoms with Gasteiger partial charge in [-0.3, -0.25) is 29.0 Å². The molecule has 9 heteroatoms. The first kappa shape index (κ1) is 37.4. The molecule has 1 N–H and O–H groups in total. The minimum atomic E-state index is -0.279. The lowest BCUT2D eigenvalue weighted by molar-refractivity contribution is -0.123. The van der Waals surface area contributed by atoms with Crippen LogP contribution in [-0.4, -0.2) is 110 Å². The number of amides is 4. The highest BCUT2D eigenvalue weighted by Gasteiger charge is 2.36. The van der Waals surface area contributed by atoms with Gasteiger partial charge in [0.2, 0.25) is 0 Å². The number of hydrogen-bond donors (Lipinski definition) is 1. The smallest absolute Gasteiger partial charge is 0.261 e. The summed E-state index contributed by atoms with van der Waals surface area (Å²) in [5.74, 6) is -1.05. The molecule has 0 spiro atoms. The van der Waals surface area contributed by atoms with Crippen LogP contribution >= 0.6 is 0 Å². The Morgan fingerprint density at radius 2 is 1.31 bits per heavy atom. The molecule has 0 bridgehead atoms. The fourth-order valence-corrected chi connectivity index (χ4v) is 6.26. The first-order valence-electron chi connectivity index (χ1n) is 17.4. The third-order valence-corrected chi connectivity index (χ3v) is 9.22. The average Bonchev–Trinajstić information content (AvgIpc) is 3.12. The van der Waals surface area contributed by atoms with E-state index in [1.165, 1.54) is 22.6 Å². The molecular formula is C40H51N5O4. The maximum atomic E-state index is 13.4. The molecule has 2 aliphatic heterocycles. The lowest BCUT2D eigenvalue weighted by Crippen LogP contribution is -2.47. The molecule has 3 aromatic carbocycles. The Morgan fingerprint density at radius 1 is 0.735 bits per heavy atom. The van der Waals surface area contributed by atoms with Gasteiger partial charge in [0.05, 0.1) is 0 Å². The quantitative estimate of drug-likeness (QED) is 0.162. The van der Waals surface area contributed by atoms with Gasteiger partial charge in [0.25, 0.3) is 23.6 Å². The maximum Gasteiger partial charge on any atom is 0.261 e. The summed E-state index contributed by atoms with van der Waals surface area (Å²) in [6, 6.07) is 16.6. The van der Waals surface area contributed by atoms with Gasteiger partial charge in [0.1, 0.15) is 0 Å². The molecule has 0 fully saturated rings. The van der Waals surface area contributed by atoms with E-state index in [0.29, 0.717) is 54.0 Å². The van der Waals surface area contributed by atoms with Crippen molar-refractivity contribution in [2.24, 2.45) is 0 Å². The third-order valence-electron chi connectivity index (χ3n) is 9.22. The SMILES string of the molecule is C=Cc1cccc2c1/C(=C\C)C(=O)N(CCN(CCCN(C)CCN1C(=O)c3cccc4cccc(c34)C1=O)CCNC)C2=O.CCCC. The number of rotatable bonds is 15. The second kappa shape index (κ2) is 17.8. The Labute approximate surface area is 291 Å². The summed E-state index contributed by atoms with van der Waals surface area (Å²) >= 11 is 0. The van der Waals surface area contributed by atoms with Crippen LogP contribution in [0.3, 0.4) is 0 Å². The Balaban J connectivity index is 0.00000128. The molecule has 9 nitrogen and oxygen atoms in total. The first-order chi connectivity index (χ1) is 23.7. The monoisotopic (exact) mass is 665 g/mol. The van der Waals surface area contributed by atoms with Crippen LogP contribution in [0.15, 0.2) is 67.3 Å². The number of hydrogen-bond acceptors (Lipinski definition) is 7. The Hall–Kier alpha value is -4.44. The predicted molar refractivity (Wildman–Crippen MR) is 199 cm³/mol. The minimum absolute atomic E-state index is 0.248. The van der Waals surface area contributed by atoms with Crippen molar-refractivity contribution in [3.8, 4) is 0 Å². The molecule has 0 saturated carbocycles. The number of benzene rings is 3. The van der Waals surface area contributed by atoms with E-state index >= 15 is 0 Å². The van der Waals surface area contributed by atoms with E-state index in [0.717, 1.165) is 48.9 Å². The molecule has 260 valence electrons. The van der Waals surface area contributed by atoms with Gasteiger partial charge >= 0.3 is 0 Å². The number of allylic oxidation sites excluding steroid dienone is 1. The molecule has 2 heterocycles. The van der Waals surface area contributed by atoms with Gasteiger partial charge in [-0.05, 0) is 69.7 Å². The van der Waals surface area contributed by atoms with Crippen LogP contribution in [0.1, 0.15) is 82.2 Å². The zero-order valence-electron chi connectivity index (χ0n) is 29.8. The number of fused-ring (bicyclic) bond motifs is 1. The summed E-state index contributed by atoms with van der Waals surface area (Å²) in [4.78, 5) is 60.4. The van der Waals surface area contributed by atoms with E-state index < -0.39 is 0 Å². The van der Waals surface area contributed by atoms with E-state index in [1.807, 2.05) is 57.4 Å². The predicted octanol–water partition coefficient (Wildman–Crippen LogP) is 5.81. The zero-order chi connectivity index (χ0) is 35.5. The van der Waals surface area contributed by atoms with Crippen molar-refractivity contribution in [3.05, 3.63) is 95.1 Å². The molecule has 0 saturated heterocycles. The van der Waals surface area contributed by atoms with E-state index in [1.54, 1.807) is 30.4 Å². The van der Waals surface area contributed by atoms with Crippen LogP contribution < -0.4 is 5.32 Å². The van der Waals surface area contributed by atoms with Gasteiger partial charge in [0, 0.05) is 72.5 Å². The molecule has 0 aromatic heterocycles. The highest BCUT2D eigenvalue weighted by Crippen LogP contribution is 2.32. The number of unbranched alkanes of at least 4 members (excludes halogenated alkanes) is 1. The number of imide groups is 2. The van der Waals surface area contributed by atoms with Crippen LogP contribution in [0.2, 0.25) is 0 Å². The van der Waals surface area contributed by atoms with Gasteiger partial charge in [-0.2, -0.15) is 0 Å². The van der Waals surface area contributed by atoms with Crippen molar-refractivity contribution in [2.75, 3.05) is 66.5 Å². The zero-order valence-corrected chi connectivity index (χ0v) is 29.8. The molecular weight excluding hydrogens is 614 g/mol. The Morgan fingerprint density at radius 3 is 1.90 bits per heavy atom. The van der Waals surface area contributed by atoms with Gasteiger partial charge in [0.15, 0.2) is 0 Å². The molecule has 5 rings (SSSR count). The minimum Gasteiger partial charge on any atom is -0.318 e. The molecule has 0 aliphatic carbocycles. The van der Waals surface area contributed by atoms with Crippen molar-refractivity contribution in [1.29, 1.82) is 0 Å².